The molecule has 2 aromatic rings. The highest BCUT2D eigenvalue weighted by molar-refractivity contribution is 5.80. The number of carbonyl (C=O) groups is 1. The Kier molecular flexibility index (Phi) is 3.74. The predicted molar refractivity (Wildman–Crippen MR) is 86.7 cm³/mol. The van der Waals surface area contributed by atoms with E-state index in [0.717, 1.165) is 62.4 Å². The number of hydrogen-bond donors (Lipinski definition) is 1. The van der Waals surface area contributed by atoms with Gasteiger partial charge in [0.05, 0.1) is 18.6 Å². The van der Waals surface area contributed by atoms with Crippen LogP contribution in [0.1, 0.15) is 48.9 Å². The molecule has 8 nitrogen and oxygen atoms in total. The van der Waals surface area contributed by atoms with Gasteiger partial charge in [-0.15, -0.1) is 0 Å². The maximum absolute atomic E-state index is 12.8. The van der Waals surface area contributed by atoms with Crippen molar-refractivity contribution in [1.82, 2.24) is 29.2 Å². The fourth-order valence-electron chi connectivity index (χ4n) is 3.70. The van der Waals surface area contributed by atoms with Gasteiger partial charge in [-0.3, -0.25) is 9.36 Å². The van der Waals surface area contributed by atoms with Gasteiger partial charge in [0.1, 0.15) is 11.9 Å². The van der Waals surface area contributed by atoms with Gasteiger partial charge in [0, 0.05) is 25.2 Å². The summed E-state index contributed by atoms with van der Waals surface area (Å²) in [4.78, 5) is 34.8. The molecule has 2 aliphatic heterocycles. The van der Waals surface area contributed by atoms with E-state index < -0.39 is 6.04 Å². The Morgan fingerprint density at radius 1 is 1.33 bits per heavy atom. The van der Waals surface area contributed by atoms with Gasteiger partial charge in [-0.1, -0.05) is 0 Å². The zero-order valence-electron chi connectivity index (χ0n) is 13.9. The molecule has 128 valence electrons. The van der Waals surface area contributed by atoms with Crippen LogP contribution in [0.5, 0.6) is 0 Å². The first-order valence-corrected chi connectivity index (χ1v) is 8.61. The van der Waals surface area contributed by atoms with Crippen LogP contribution < -0.4 is 5.69 Å². The summed E-state index contributed by atoms with van der Waals surface area (Å²) in [5.41, 5.74) is 1.53. The summed E-state index contributed by atoms with van der Waals surface area (Å²) in [6.45, 7) is 3.86. The monoisotopic (exact) mass is 330 g/mol. The van der Waals surface area contributed by atoms with Crippen molar-refractivity contribution in [2.45, 2.75) is 51.6 Å². The molecule has 0 aromatic carbocycles. The van der Waals surface area contributed by atoms with E-state index in [2.05, 4.69) is 15.1 Å². The number of aromatic nitrogens is 5. The Hall–Kier alpha value is -2.38. The Labute approximate surface area is 139 Å². The third kappa shape index (κ3) is 2.46. The van der Waals surface area contributed by atoms with Crippen molar-refractivity contribution in [3.63, 3.8) is 0 Å². The molecule has 0 bridgehead atoms. The number of likely N-dealkylation sites (tertiary alicyclic amines) is 1. The van der Waals surface area contributed by atoms with E-state index in [1.807, 2.05) is 11.8 Å². The highest BCUT2D eigenvalue weighted by Crippen LogP contribution is 2.25. The van der Waals surface area contributed by atoms with E-state index in [0.29, 0.717) is 6.54 Å². The lowest BCUT2D eigenvalue weighted by Crippen LogP contribution is -2.41. The predicted octanol–water partition coefficient (Wildman–Crippen LogP) is 0.624. The standard InChI is InChI=1S/C16H22N6O2/c1-11-12(18-10-17-11)9-21-16(24)22-13(5-4-6-14(22)19-21)15(23)20-7-2-3-8-20/h10,13H,2-9H2,1H3,(H,17,18). The molecule has 1 unspecified atom stereocenters. The molecule has 0 spiro atoms. The Balaban J connectivity index is 1.66. The molecule has 1 N–H and O–H groups in total. The van der Waals surface area contributed by atoms with E-state index in [4.69, 9.17) is 0 Å². The highest BCUT2D eigenvalue weighted by Gasteiger charge is 2.34. The number of nitrogens with one attached hydrogen (secondary N) is 1. The van der Waals surface area contributed by atoms with Gasteiger partial charge in [0.2, 0.25) is 5.91 Å². The minimum Gasteiger partial charge on any atom is -0.348 e. The third-order valence-electron chi connectivity index (χ3n) is 5.07. The minimum atomic E-state index is -0.395. The summed E-state index contributed by atoms with van der Waals surface area (Å²) in [5.74, 6) is 0.794. The summed E-state index contributed by atoms with van der Waals surface area (Å²) in [6, 6.07) is -0.395. The van der Waals surface area contributed by atoms with Gasteiger partial charge in [0.15, 0.2) is 0 Å². The minimum absolute atomic E-state index is 0.0750. The van der Waals surface area contributed by atoms with Crippen molar-refractivity contribution in [2.24, 2.45) is 0 Å². The number of aromatic amines is 1. The van der Waals surface area contributed by atoms with Gasteiger partial charge >= 0.3 is 5.69 Å². The van der Waals surface area contributed by atoms with Crippen molar-refractivity contribution < 1.29 is 4.79 Å². The van der Waals surface area contributed by atoms with Crippen LogP contribution in [0.25, 0.3) is 0 Å². The first kappa shape index (κ1) is 15.2. The number of imidazole rings is 1. The molecule has 1 amide bonds. The molecule has 0 saturated carbocycles. The quantitative estimate of drug-likeness (QED) is 0.894. The van der Waals surface area contributed by atoms with Gasteiger partial charge in [0.25, 0.3) is 0 Å². The lowest BCUT2D eigenvalue weighted by atomic mass is 10.0. The second-order valence-electron chi connectivity index (χ2n) is 6.64. The lowest BCUT2D eigenvalue weighted by molar-refractivity contribution is -0.134. The summed E-state index contributed by atoms with van der Waals surface area (Å²) in [7, 11) is 0. The molecule has 4 heterocycles. The number of fused-ring (bicyclic) bond motifs is 1. The van der Waals surface area contributed by atoms with Crippen LogP contribution >= 0.6 is 0 Å². The molecule has 8 heteroatoms. The number of amides is 1. The normalized spacial score (nSPS) is 20.4. The fourth-order valence-corrected chi connectivity index (χ4v) is 3.70. The zero-order valence-corrected chi connectivity index (χ0v) is 13.9. The molecule has 1 fully saturated rings. The van der Waals surface area contributed by atoms with Crippen molar-refractivity contribution in [2.75, 3.05) is 13.1 Å². The average Bonchev–Trinajstić information content (AvgIpc) is 3.30. The number of hydrogen-bond acceptors (Lipinski definition) is 4. The average molecular weight is 330 g/mol. The molecule has 1 atom stereocenters. The second kappa shape index (κ2) is 5.92. The summed E-state index contributed by atoms with van der Waals surface area (Å²) < 4.78 is 3.06. The maximum atomic E-state index is 12.8. The first-order chi connectivity index (χ1) is 11.6. The summed E-state index contributed by atoms with van der Waals surface area (Å²) in [5, 5.41) is 4.47. The Morgan fingerprint density at radius 3 is 2.83 bits per heavy atom. The lowest BCUT2D eigenvalue weighted by Gasteiger charge is -2.27. The largest absolute Gasteiger partial charge is 0.348 e. The van der Waals surface area contributed by atoms with E-state index in [-0.39, 0.29) is 11.6 Å². The van der Waals surface area contributed by atoms with Gasteiger partial charge < -0.3 is 9.88 Å². The van der Waals surface area contributed by atoms with E-state index in [1.54, 1.807) is 10.9 Å². The third-order valence-corrected chi connectivity index (χ3v) is 5.07. The van der Waals surface area contributed by atoms with Crippen LogP contribution in [-0.2, 0) is 17.8 Å². The van der Waals surface area contributed by atoms with Crippen LogP contribution in [0.4, 0.5) is 0 Å². The van der Waals surface area contributed by atoms with E-state index >= 15 is 0 Å². The highest BCUT2D eigenvalue weighted by atomic mass is 16.2. The van der Waals surface area contributed by atoms with Crippen LogP contribution in [0.2, 0.25) is 0 Å². The molecular weight excluding hydrogens is 308 g/mol. The summed E-state index contributed by atoms with van der Waals surface area (Å²) in [6.07, 6.45) is 6.07. The first-order valence-electron chi connectivity index (χ1n) is 8.61. The molecule has 2 aromatic heterocycles. The smallest absolute Gasteiger partial charge is 0.347 e. The van der Waals surface area contributed by atoms with Crippen LogP contribution in [0, 0.1) is 6.92 Å². The molecule has 1 saturated heterocycles. The van der Waals surface area contributed by atoms with E-state index in [1.165, 1.54) is 4.68 Å². The topological polar surface area (TPSA) is 88.8 Å². The van der Waals surface area contributed by atoms with Crippen LogP contribution in [0.15, 0.2) is 11.1 Å². The number of aryl methyl sites for hydroxylation is 2. The molecule has 4 rings (SSSR count). The number of carbonyl (C=O) groups excluding carboxylic acids is 1. The molecule has 0 radical (unpaired) electrons. The van der Waals surface area contributed by atoms with Crippen LogP contribution in [-0.4, -0.2) is 48.2 Å². The Bertz CT molecular complexity index is 811. The molecule has 0 aliphatic carbocycles. The van der Waals surface area contributed by atoms with Crippen molar-refractivity contribution in [3.05, 3.63) is 34.0 Å². The number of rotatable bonds is 3. The molecular formula is C16H22N6O2. The maximum Gasteiger partial charge on any atom is 0.347 e. The fraction of sp³-hybridized carbons (Fsp3) is 0.625. The van der Waals surface area contributed by atoms with Gasteiger partial charge in [-0.25, -0.2) is 14.5 Å². The van der Waals surface area contributed by atoms with Crippen molar-refractivity contribution in [1.29, 1.82) is 0 Å². The number of nitrogens with zero attached hydrogens (tertiary/aromatic N) is 5. The summed E-state index contributed by atoms with van der Waals surface area (Å²) >= 11 is 0. The van der Waals surface area contributed by atoms with Gasteiger partial charge in [-0.05, 0) is 32.6 Å². The van der Waals surface area contributed by atoms with Crippen LogP contribution in [0.3, 0.4) is 0 Å². The van der Waals surface area contributed by atoms with Crippen molar-refractivity contribution in [3.8, 4) is 0 Å². The molecule has 24 heavy (non-hydrogen) atoms. The Morgan fingerprint density at radius 2 is 2.12 bits per heavy atom. The van der Waals surface area contributed by atoms with Gasteiger partial charge in [-0.2, -0.15) is 5.10 Å². The van der Waals surface area contributed by atoms with E-state index in [9.17, 15) is 9.59 Å². The zero-order chi connectivity index (χ0) is 16.7. The number of H-pyrrole nitrogens is 1. The molecule has 2 aliphatic rings. The van der Waals surface area contributed by atoms with Crippen molar-refractivity contribution >= 4 is 5.91 Å². The SMILES string of the molecule is Cc1[nH]cnc1Cn1nc2n(c1=O)C(C(=O)N1CCCC1)CCC2. The second-order valence-corrected chi connectivity index (χ2v) is 6.64.